The second-order valence-electron chi connectivity index (χ2n) is 6.25. The summed E-state index contributed by atoms with van der Waals surface area (Å²) in [6.07, 6.45) is 9.54. The van der Waals surface area contributed by atoms with Gasteiger partial charge in [-0.25, -0.2) is 4.98 Å². The molecule has 0 aromatic carbocycles. The Morgan fingerprint density at radius 2 is 2.17 bits per heavy atom. The fraction of sp³-hybridized carbons (Fsp3) is 0.800. The van der Waals surface area contributed by atoms with Gasteiger partial charge in [0.1, 0.15) is 0 Å². The first-order valence-corrected chi connectivity index (χ1v) is 7.50. The van der Waals surface area contributed by atoms with E-state index in [2.05, 4.69) is 41.2 Å². The Kier molecular flexibility index (Phi) is 3.42. The van der Waals surface area contributed by atoms with Gasteiger partial charge >= 0.3 is 0 Å². The third-order valence-electron chi connectivity index (χ3n) is 5.20. The van der Waals surface area contributed by atoms with Crippen LogP contribution in [0.1, 0.15) is 57.2 Å². The molecule has 2 heterocycles. The molecular weight excluding hydrogens is 222 g/mol. The molecule has 1 saturated heterocycles. The van der Waals surface area contributed by atoms with Crippen molar-refractivity contribution in [3.63, 3.8) is 0 Å². The highest BCUT2D eigenvalue weighted by Crippen LogP contribution is 2.39. The van der Waals surface area contributed by atoms with E-state index in [9.17, 15) is 0 Å². The molecule has 1 aromatic rings. The normalized spacial score (nSPS) is 37.0. The monoisotopic (exact) mass is 247 g/mol. The lowest BCUT2D eigenvalue weighted by Crippen LogP contribution is -2.28. The largest absolute Gasteiger partial charge is 0.331 e. The van der Waals surface area contributed by atoms with Crippen LogP contribution in [0.25, 0.3) is 0 Å². The molecule has 2 aliphatic rings. The van der Waals surface area contributed by atoms with Crippen LogP contribution in [0.4, 0.5) is 0 Å². The molecule has 1 aliphatic carbocycles. The Balaban J connectivity index is 1.85. The summed E-state index contributed by atoms with van der Waals surface area (Å²) in [6, 6.07) is 0.673. The first-order valence-electron chi connectivity index (χ1n) is 7.50. The van der Waals surface area contributed by atoms with Crippen LogP contribution in [0.3, 0.4) is 0 Å². The van der Waals surface area contributed by atoms with Gasteiger partial charge in [0.25, 0.3) is 0 Å². The minimum atomic E-state index is 0.673. The fourth-order valence-electron chi connectivity index (χ4n) is 3.76. The molecule has 4 unspecified atom stereocenters. The van der Waals surface area contributed by atoms with E-state index in [0.717, 1.165) is 24.9 Å². The van der Waals surface area contributed by atoms with Crippen LogP contribution in [0.15, 0.2) is 12.5 Å². The molecule has 3 heteroatoms. The summed E-state index contributed by atoms with van der Waals surface area (Å²) in [7, 11) is 0. The van der Waals surface area contributed by atoms with Crippen molar-refractivity contribution in [2.75, 3.05) is 13.1 Å². The SMILES string of the molecule is CC1CCCC(n2cncc2C2CCNC2)C1C. The first-order chi connectivity index (χ1) is 8.77. The Morgan fingerprint density at radius 3 is 2.94 bits per heavy atom. The zero-order valence-corrected chi connectivity index (χ0v) is 11.6. The second kappa shape index (κ2) is 5.04. The quantitative estimate of drug-likeness (QED) is 0.870. The number of hydrogen-bond donors (Lipinski definition) is 1. The van der Waals surface area contributed by atoms with Crippen LogP contribution in [-0.4, -0.2) is 22.6 Å². The van der Waals surface area contributed by atoms with Crippen LogP contribution >= 0.6 is 0 Å². The van der Waals surface area contributed by atoms with Gasteiger partial charge in [0.05, 0.1) is 6.33 Å². The Labute approximate surface area is 110 Å². The lowest BCUT2D eigenvalue weighted by atomic mass is 9.77. The average molecular weight is 247 g/mol. The van der Waals surface area contributed by atoms with Crippen molar-refractivity contribution in [1.82, 2.24) is 14.9 Å². The predicted molar refractivity (Wildman–Crippen MR) is 73.7 cm³/mol. The summed E-state index contributed by atoms with van der Waals surface area (Å²) in [5, 5.41) is 3.47. The van der Waals surface area contributed by atoms with Gasteiger partial charge in [-0.3, -0.25) is 0 Å². The maximum absolute atomic E-state index is 4.44. The molecule has 18 heavy (non-hydrogen) atoms. The standard InChI is InChI=1S/C15H25N3/c1-11-4-3-5-14(12(11)2)18-10-17-9-15(18)13-6-7-16-8-13/h9-14,16H,3-8H2,1-2H3. The molecule has 1 aliphatic heterocycles. The summed E-state index contributed by atoms with van der Waals surface area (Å²) in [4.78, 5) is 4.44. The number of nitrogens with zero attached hydrogens (tertiary/aromatic N) is 2. The summed E-state index contributed by atoms with van der Waals surface area (Å²) >= 11 is 0. The Bertz CT molecular complexity index is 392. The third-order valence-corrected chi connectivity index (χ3v) is 5.20. The van der Waals surface area contributed by atoms with Crippen LogP contribution in [0.5, 0.6) is 0 Å². The number of aromatic nitrogens is 2. The van der Waals surface area contributed by atoms with Gasteiger partial charge in [0, 0.05) is 30.4 Å². The van der Waals surface area contributed by atoms with Gasteiger partial charge in [0.2, 0.25) is 0 Å². The van der Waals surface area contributed by atoms with Gasteiger partial charge in [-0.2, -0.15) is 0 Å². The molecular formula is C15H25N3. The van der Waals surface area contributed by atoms with Crippen molar-refractivity contribution >= 4 is 0 Å². The minimum absolute atomic E-state index is 0.673. The van der Waals surface area contributed by atoms with Crippen molar-refractivity contribution in [3.8, 4) is 0 Å². The maximum atomic E-state index is 4.44. The molecule has 2 fully saturated rings. The van der Waals surface area contributed by atoms with Crippen LogP contribution < -0.4 is 5.32 Å². The number of rotatable bonds is 2. The van der Waals surface area contributed by atoms with Gasteiger partial charge in [0.15, 0.2) is 0 Å². The van der Waals surface area contributed by atoms with Gasteiger partial charge in [-0.1, -0.05) is 26.7 Å². The zero-order valence-electron chi connectivity index (χ0n) is 11.6. The average Bonchev–Trinajstić information content (AvgIpc) is 3.01. The highest BCUT2D eigenvalue weighted by Gasteiger charge is 2.31. The van der Waals surface area contributed by atoms with Crippen molar-refractivity contribution in [2.45, 2.75) is 51.5 Å². The molecule has 3 nitrogen and oxygen atoms in total. The topological polar surface area (TPSA) is 29.9 Å². The molecule has 0 spiro atoms. The molecule has 1 N–H and O–H groups in total. The van der Waals surface area contributed by atoms with E-state index in [4.69, 9.17) is 0 Å². The molecule has 100 valence electrons. The molecule has 0 amide bonds. The minimum Gasteiger partial charge on any atom is -0.331 e. The van der Waals surface area contributed by atoms with E-state index in [0.29, 0.717) is 12.0 Å². The number of hydrogen-bond acceptors (Lipinski definition) is 2. The Hall–Kier alpha value is -0.830. The van der Waals surface area contributed by atoms with Crippen LogP contribution in [0, 0.1) is 11.8 Å². The predicted octanol–water partition coefficient (Wildman–Crippen LogP) is 2.96. The van der Waals surface area contributed by atoms with Gasteiger partial charge < -0.3 is 9.88 Å². The Morgan fingerprint density at radius 1 is 1.28 bits per heavy atom. The van der Waals surface area contributed by atoms with Gasteiger partial charge in [-0.15, -0.1) is 0 Å². The van der Waals surface area contributed by atoms with E-state index < -0.39 is 0 Å². The van der Waals surface area contributed by atoms with Crippen LogP contribution in [0.2, 0.25) is 0 Å². The first kappa shape index (κ1) is 12.2. The summed E-state index contributed by atoms with van der Waals surface area (Å²) < 4.78 is 2.50. The number of imidazole rings is 1. The summed E-state index contributed by atoms with van der Waals surface area (Å²) in [5.41, 5.74) is 1.46. The molecule has 3 rings (SSSR count). The lowest BCUT2D eigenvalue weighted by Gasteiger charge is -2.36. The molecule has 0 radical (unpaired) electrons. The summed E-state index contributed by atoms with van der Waals surface area (Å²) in [6.45, 7) is 7.12. The van der Waals surface area contributed by atoms with Gasteiger partial charge in [-0.05, 0) is 31.2 Å². The molecule has 4 atom stereocenters. The van der Waals surface area contributed by atoms with Crippen molar-refractivity contribution < 1.29 is 0 Å². The zero-order chi connectivity index (χ0) is 12.5. The van der Waals surface area contributed by atoms with E-state index in [1.54, 1.807) is 0 Å². The highest BCUT2D eigenvalue weighted by atomic mass is 15.1. The highest BCUT2D eigenvalue weighted by molar-refractivity contribution is 5.11. The lowest BCUT2D eigenvalue weighted by molar-refractivity contribution is 0.182. The van der Waals surface area contributed by atoms with E-state index in [1.165, 1.54) is 31.4 Å². The van der Waals surface area contributed by atoms with Crippen LogP contribution in [-0.2, 0) is 0 Å². The third kappa shape index (κ3) is 2.09. The van der Waals surface area contributed by atoms with Crippen molar-refractivity contribution in [1.29, 1.82) is 0 Å². The fourth-order valence-corrected chi connectivity index (χ4v) is 3.76. The molecule has 1 aromatic heterocycles. The van der Waals surface area contributed by atoms with E-state index >= 15 is 0 Å². The summed E-state index contributed by atoms with van der Waals surface area (Å²) in [5.74, 6) is 2.30. The maximum Gasteiger partial charge on any atom is 0.0950 e. The van der Waals surface area contributed by atoms with Crippen molar-refractivity contribution in [3.05, 3.63) is 18.2 Å². The molecule has 1 saturated carbocycles. The van der Waals surface area contributed by atoms with E-state index in [1.807, 2.05) is 0 Å². The second-order valence-corrected chi connectivity index (χ2v) is 6.25. The smallest absolute Gasteiger partial charge is 0.0950 e. The van der Waals surface area contributed by atoms with Crippen molar-refractivity contribution in [2.24, 2.45) is 11.8 Å². The molecule has 0 bridgehead atoms. The van der Waals surface area contributed by atoms with E-state index in [-0.39, 0.29) is 0 Å². The number of nitrogens with one attached hydrogen (secondary N) is 1.